The fourth-order valence-corrected chi connectivity index (χ4v) is 4.09. The summed E-state index contributed by atoms with van der Waals surface area (Å²) in [4.78, 5) is 38.7. The number of amides is 4. The maximum Gasteiger partial charge on any atom is 0.325 e. The van der Waals surface area contributed by atoms with Gasteiger partial charge in [-0.2, -0.15) is 0 Å². The molecule has 1 aromatic rings. The topological polar surface area (TPSA) is 87.7 Å². The van der Waals surface area contributed by atoms with Gasteiger partial charge in [-0.1, -0.05) is 37.8 Å². The summed E-state index contributed by atoms with van der Waals surface area (Å²) in [7, 11) is 1.61. The predicted octanol–water partition coefficient (Wildman–Crippen LogP) is 2.78. The second-order valence-electron chi connectivity index (χ2n) is 8.26. The Morgan fingerprint density at radius 2 is 1.83 bits per heavy atom. The lowest BCUT2D eigenvalue weighted by Gasteiger charge is -2.22. The number of aryl methyl sites for hydroxylation is 1. The molecule has 1 unspecified atom stereocenters. The van der Waals surface area contributed by atoms with Gasteiger partial charge in [0.25, 0.3) is 5.91 Å². The molecule has 1 aliphatic carbocycles. The molecule has 0 bridgehead atoms. The minimum Gasteiger partial charge on any atom is -0.497 e. The Bertz CT molecular complexity index is 741. The summed E-state index contributed by atoms with van der Waals surface area (Å²) >= 11 is 0. The normalized spacial score (nSPS) is 22.9. The highest BCUT2D eigenvalue weighted by Gasteiger charge is 2.47. The minimum absolute atomic E-state index is 0.146. The van der Waals surface area contributed by atoms with Crippen LogP contribution in [0.1, 0.15) is 57.4 Å². The summed E-state index contributed by atoms with van der Waals surface area (Å²) in [6.45, 7) is 1.50. The summed E-state index contributed by atoms with van der Waals surface area (Å²) in [6, 6.07) is 7.28. The number of ether oxygens (including phenoxy) is 1. The van der Waals surface area contributed by atoms with Crippen LogP contribution in [0.4, 0.5) is 4.79 Å². The molecule has 1 saturated heterocycles. The third kappa shape index (κ3) is 5.28. The first-order valence-corrected chi connectivity index (χ1v) is 10.5. The zero-order valence-corrected chi connectivity index (χ0v) is 17.3. The van der Waals surface area contributed by atoms with Crippen molar-refractivity contribution in [3.05, 3.63) is 29.8 Å². The molecule has 2 N–H and O–H groups in total. The molecule has 2 fully saturated rings. The number of rotatable bonds is 7. The van der Waals surface area contributed by atoms with E-state index in [1.807, 2.05) is 24.3 Å². The summed E-state index contributed by atoms with van der Waals surface area (Å²) in [6.07, 6.45) is 7.64. The molecule has 29 heavy (non-hydrogen) atoms. The monoisotopic (exact) mass is 401 g/mol. The van der Waals surface area contributed by atoms with E-state index in [0.29, 0.717) is 12.8 Å². The molecule has 7 heteroatoms. The van der Waals surface area contributed by atoms with Crippen LogP contribution in [0, 0.1) is 0 Å². The van der Waals surface area contributed by atoms with Gasteiger partial charge in [-0.25, -0.2) is 4.79 Å². The summed E-state index contributed by atoms with van der Waals surface area (Å²) in [5.41, 5.74) is 0.0539. The van der Waals surface area contributed by atoms with E-state index < -0.39 is 11.6 Å². The van der Waals surface area contributed by atoms with Crippen molar-refractivity contribution in [1.82, 2.24) is 15.5 Å². The van der Waals surface area contributed by atoms with E-state index in [-0.39, 0.29) is 24.4 Å². The standard InChI is InChI=1S/C22H31N3O4/c1-22(14-13-16-9-11-18(29-2)12-10-16)20(27)25(21(28)24-22)15-19(26)23-17-7-5-3-4-6-8-17/h9-12,17H,3-8,13-15H2,1-2H3,(H,23,26)(H,24,28). The van der Waals surface area contributed by atoms with E-state index in [4.69, 9.17) is 4.74 Å². The molecule has 2 aliphatic rings. The third-order valence-corrected chi connectivity index (χ3v) is 5.94. The molecule has 1 saturated carbocycles. The molecule has 7 nitrogen and oxygen atoms in total. The number of benzene rings is 1. The van der Waals surface area contributed by atoms with Crippen molar-refractivity contribution in [3.63, 3.8) is 0 Å². The molecule has 1 aromatic carbocycles. The lowest BCUT2D eigenvalue weighted by molar-refractivity contribution is -0.135. The van der Waals surface area contributed by atoms with Gasteiger partial charge in [-0.15, -0.1) is 0 Å². The first-order valence-electron chi connectivity index (χ1n) is 10.5. The van der Waals surface area contributed by atoms with Crippen LogP contribution in [0.15, 0.2) is 24.3 Å². The van der Waals surface area contributed by atoms with Crippen molar-refractivity contribution < 1.29 is 19.1 Å². The van der Waals surface area contributed by atoms with Gasteiger partial charge < -0.3 is 15.4 Å². The highest BCUT2D eigenvalue weighted by atomic mass is 16.5. The third-order valence-electron chi connectivity index (χ3n) is 5.94. The molecule has 1 heterocycles. The van der Waals surface area contributed by atoms with E-state index in [2.05, 4.69) is 10.6 Å². The fraction of sp³-hybridized carbons (Fsp3) is 0.591. The molecule has 4 amide bonds. The molecule has 0 radical (unpaired) electrons. The average Bonchev–Trinajstić information content (AvgIpc) is 2.90. The average molecular weight is 402 g/mol. The zero-order valence-electron chi connectivity index (χ0n) is 17.3. The van der Waals surface area contributed by atoms with Crippen molar-refractivity contribution in [2.24, 2.45) is 0 Å². The SMILES string of the molecule is COc1ccc(CCC2(C)NC(=O)N(CC(=O)NC3CCCCCC3)C2=O)cc1. The largest absolute Gasteiger partial charge is 0.497 e. The van der Waals surface area contributed by atoms with Crippen LogP contribution < -0.4 is 15.4 Å². The van der Waals surface area contributed by atoms with Crippen LogP contribution >= 0.6 is 0 Å². The predicted molar refractivity (Wildman–Crippen MR) is 110 cm³/mol. The van der Waals surface area contributed by atoms with Gasteiger partial charge in [0.1, 0.15) is 17.8 Å². The number of hydrogen-bond donors (Lipinski definition) is 2. The van der Waals surface area contributed by atoms with Crippen molar-refractivity contribution in [2.75, 3.05) is 13.7 Å². The smallest absolute Gasteiger partial charge is 0.325 e. The molecule has 0 aromatic heterocycles. The number of nitrogens with zero attached hydrogens (tertiary/aromatic N) is 1. The Morgan fingerprint density at radius 3 is 2.45 bits per heavy atom. The van der Waals surface area contributed by atoms with Crippen LogP contribution in [0.3, 0.4) is 0 Å². The van der Waals surface area contributed by atoms with E-state index >= 15 is 0 Å². The number of carbonyl (C=O) groups is 3. The fourth-order valence-electron chi connectivity index (χ4n) is 4.09. The highest BCUT2D eigenvalue weighted by molar-refractivity contribution is 6.08. The zero-order chi connectivity index (χ0) is 20.9. The van der Waals surface area contributed by atoms with Gasteiger partial charge in [0.15, 0.2) is 0 Å². The van der Waals surface area contributed by atoms with E-state index in [9.17, 15) is 14.4 Å². The minimum atomic E-state index is -1.00. The Kier molecular flexibility index (Phi) is 6.77. The molecular formula is C22H31N3O4. The Labute approximate surface area is 172 Å². The van der Waals surface area contributed by atoms with Crippen molar-refractivity contribution >= 4 is 17.8 Å². The number of urea groups is 1. The van der Waals surface area contributed by atoms with E-state index in [1.54, 1.807) is 14.0 Å². The van der Waals surface area contributed by atoms with Gasteiger partial charge in [-0.05, 0) is 50.3 Å². The van der Waals surface area contributed by atoms with Gasteiger partial charge in [0, 0.05) is 6.04 Å². The van der Waals surface area contributed by atoms with Crippen LogP contribution in [0.5, 0.6) is 5.75 Å². The second-order valence-corrected chi connectivity index (χ2v) is 8.26. The number of imide groups is 1. The van der Waals surface area contributed by atoms with Gasteiger partial charge in [-0.3, -0.25) is 14.5 Å². The molecule has 1 aliphatic heterocycles. The van der Waals surface area contributed by atoms with Crippen molar-refractivity contribution in [2.45, 2.75) is 69.9 Å². The molecule has 158 valence electrons. The number of carbonyl (C=O) groups excluding carboxylic acids is 3. The lowest BCUT2D eigenvalue weighted by atomic mass is 9.93. The molecule has 0 spiro atoms. The summed E-state index contributed by atoms with van der Waals surface area (Å²) < 4.78 is 5.15. The Balaban J connectivity index is 1.55. The molecule has 3 rings (SSSR count). The van der Waals surface area contributed by atoms with E-state index in [1.165, 1.54) is 12.8 Å². The lowest BCUT2D eigenvalue weighted by Crippen LogP contribution is -2.46. The molecular weight excluding hydrogens is 370 g/mol. The van der Waals surface area contributed by atoms with Crippen molar-refractivity contribution in [1.29, 1.82) is 0 Å². The number of hydrogen-bond acceptors (Lipinski definition) is 4. The van der Waals surface area contributed by atoms with Gasteiger partial charge in [0.05, 0.1) is 7.11 Å². The van der Waals surface area contributed by atoms with E-state index in [0.717, 1.165) is 41.9 Å². The molecule has 1 atom stereocenters. The first-order chi connectivity index (χ1) is 13.9. The van der Waals surface area contributed by atoms with Crippen LogP contribution in [0.25, 0.3) is 0 Å². The van der Waals surface area contributed by atoms with Crippen LogP contribution in [-0.2, 0) is 16.0 Å². The summed E-state index contributed by atoms with van der Waals surface area (Å²) in [5.74, 6) is 0.169. The van der Waals surface area contributed by atoms with Crippen LogP contribution in [0.2, 0.25) is 0 Å². The number of nitrogens with one attached hydrogen (secondary N) is 2. The quantitative estimate of drug-likeness (QED) is 0.543. The number of methoxy groups -OCH3 is 1. The maximum absolute atomic E-state index is 12.9. The van der Waals surface area contributed by atoms with Crippen LogP contribution in [-0.4, -0.2) is 48.0 Å². The second kappa shape index (κ2) is 9.29. The maximum atomic E-state index is 12.9. The Morgan fingerprint density at radius 1 is 1.17 bits per heavy atom. The van der Waals surface area contributed by atoms with Crippen molar-refractivity contribution in [3.8, 4) is 5.75 Å². The van der Waals surface area contributed by atoms with Gasteiger partial charge in [0.2, 0.25) is 5.91 Å². The van der Waals surface area contributed by atoms with Gasteiger partial charge >= 0.3 is 6.03 Å². The highest BCUT2D eigenvalue weighted by Crippen LogP contribution is 2.24. The Hall–Kier alpha value is -2.57. The summed E-state index contributed by atoms with van der Waals surface area (Å²) in [5, 5.41) is 5.77. The first kappa shape index (κ1) is 21.1.